The first-order chi connectivity index (χ1) is 11.8. The van der Waals surface area contributed by atoms with Gasteiger partial charge in [0.1, 0.15) is 6.54 Å². The molecule has 0 aliphatic heterocycles. The van der Waals surface area contributed by atoms with Gasteiger partial charge >= 0.3 is 0 Å². The Bertz CT molecular complexity index is 468. The minimum Gasteiger partial charge on any atom is -0.356 e. The van der Waals surface area contributed by atoms with Crippen LogP contribution < -0.4 is 10.6 Å². The molecule has 0 spiro atoms. The molecule has 0 aromatic carbocycles. The Balaban J connectivity index is 2.76. The van der Waals surface area contributed by atoms with Crippen LogP contribution in [0.5, 0.6) is 0 Å². The average Bonchev–Trinajstić information content (AvgIpc) is 3.05. The summed E-state index contributed by atoms with van der Waals surface area (Å²) >= 11 is 0. The van der Waals surface area contributed by atoms with Crippen molar-refractivity contribution in [3.05, 3.63) is 0 Å². The van der Waals surface area contributed by atoms with Gasteiger partial charge in [-0.15, -0.1) is 0 Å². The first-order valence-corrected chi connectivity index (χ1v) is 9.26. The number of rotatable bonds is 8. The molecule has 2 amide bonds. The van der Waals surface area contributed by atoms with Gasteiger partial charge in [-0.1, -0.05) is 26.2 Å². The van der Waals surface area contributed by atoms with Crippen LogP contribution in [0.15, 0.2) is 4.99 Å². The summed E-state index contributed by atoms with van der Waals surface area (Å²) in [5.41, 5.74) is -0.359. The molecule has 0 atom stereocenters. The van der Waals surface area contributed by atoms with Gasteiger partial charge in [-0.05, 0) is 19.3 Å². The van der Waals surface area contributed by atoms with Crippen LogP contribution in [0.3, 0.4) is 0 Å². The standard InChI is InChI=1S/C18H35N5O2/c1-6-7-12-19-17(20-13-15(24)22(2)3)21-14-18(10-8-9-11-18)16(25)23(4)5/h6-14H2,1-5H3,(H2,19,20,21). The van der Waals surface area contributed by atoms with Crippen LogP contribution in [-0.2, 0) is 9.59 Å². The van der Waals surface area contributed by atoms with E-state index in [9.17, 15) is 9.59 Å². The van der Waals surface area contributed by atoms with Crippen molar-refractivity contribution in [2.45, 2.75) is 45.4 Å². The number of guanidine groups is 1. The Morgan fingerprint density at radius 3 is 2.20 bits per heavy atom. The predicted octanol–water partition coefficient (Wildman–Crippen LogP) is 1.06. The van der Waals surface area contributed by atoms with E-state index in [2.05, 4.69) is 22.5 Å². The summed E-state index contributed by atoms with van der Waals surface area (Å²) in [4.78, 5) is 32.1. The first kappa shape index (κ1) is 21.3. The maximum atomic E-state index is 12.7. The Morgan fingerprint density at radius 1 is 1.04 bits per heavy atom. The fourth-order valence-corrected chi connectivity index (χ4v) is 3.09. The molecule has 1 aliphatic rings. The van der Waals surface area contributed by atoms with Gasteiger partial charge in [-0.25, -0.2) is 4.99 Å². The summed E-state index contributed by atoms with van der Waals surface area (Å²) in [6.45, 7) is 3.58. The number of hydrogen-bond donors (Lipinski definition) is 2. The second kappa shape index (κ2) is 10.3. The van der Waals surface area contributed by atoms with Gasteiger partial charge < -0.3 is 20.4 Å². The third kappa shape index (κ3) is 6.55. The molecule has 7 heteroatoms. The fourth-order valence-electron chi connectivity index (χ4n) is 3.09. The van der Waals surface area contributed by atoms with Crippen LogP contribution >= 0.6 is 0 Å². The van der Waals surface area contributed by atoms with Gasteiger partial charge in [0.25, 0.3) is 0 Å². The van der Waals surface area contributed by atoms with E-state index in [1.165, 1.54) is 4.90 Å². The van der Waals surface area contributed by atoms with E-state index in [1.54, 1.807) is 19.0 Å². The van der Waals surface area contributed by atoms with Crippen molar-refractivity contribution in [2.24, 2.45) is 10.4 Å². The van der Waals surface area contributed by atoms with Crippen molar-refractivity contribution in [2.75, 3.05) is 47.8 Å². The SMILES string of the molecule is CCCCNC(=NCC(=O)N(C)C)NCC1(C(=O)N(C)C)CCCC1. The molecule has 1 saturated carbocycles. The second-order valence-electron chi connectivity index (χ2n) is 7.27. The minimum atomic E-state index is -0.359. The Morgan fingerprint density at radius 2 is 1.68 bits per heavy atom. The molecule has 0 aromatic rings. The van der Waals surface area contributed by atoms with E-state index in [0.717, 1.165) is 45.1 Å². The van der Waals surface area contributed by atoms with Gasteiger partial charge in [-0.3, -0.25) is 9.59 Å². The lowest BCUT2D eigenvalue weighted by atomic mass is 9.84. The zero-order valence-corrected chi connectivity index (χ0v) is 16.5. The molecular formula is C18H35N5O2. The molecule has 0 saturated heterocycles. The van der Waals surface area contributed by atoms with Crippen molar-refractivity contribution in [1.29, 1.82) is 0 Å². The summed E-state index contributed by atoms with van der Waals surface area (Å²) in [7, 11) is 7.07. The van der Waals surface area contributed by atoms with Crippen LogP contribution in [0.25, 0.3) is 0 Å². The molecule has 7 nitrogen and oxygen atoms in total. The lowest BCUT2D eigenvalue weighted by Crippen LogP contribution is -2.49. The third-order valence-electron chi connectivity index (χ3n) is 4.71. The number of carbonyl (C=O) groups is 2. The topological polar surface area (TPSA) is 77.0 Å². The largest absolute Gasteiger partial charge is 0.356 e. The highest BCUT2D eigenvalue weighted by Gasteiger charge is 2.42. The number of unbranched alkanes of at least 4 members (excludes halogenated alkanes) is 1. The third-order valence-corrected chi connectivity index (χ3v) is 4.71. The average molecular weight is 354 g/mol. The maximum Gasteiger partial charge on any atom is 0.243 e. The zero-order valence-electron chi connectivity index (χ0n) is 16.5. The molecule has 0 radical (unpaired) electrons. The van der Waals surface area contributed by atoms with E-state index in [4.69, 9.17) is 0 Å². The number of carbonyl (C=O) groups excluding carboxylic acids is 2. The number of aliphatic imine (C=N–C) groups is 1. The van der Waals surface area contributed by atoms with Crippen LogP contribution in [0.2, 0.25) is 0 Å². The van der Waals surface area contributed by atoms with Gasteiger partial charge in [0, 0.05) is 41.3 Å². The summed E-state index contributed by atoms with van der Waals surface area (Å²) < 4.78 is 0. The van der Waals surface area contributed by atoms with Crippen LogP contribution in [0.4, 0.5) is 0 Å². The highest BCUT2D eigenvalue weighted by molar-refractivity contribution is 5.86. The number of hydrogen-bond acceptors (Lipinski definition) is 3. The molecule has 1 fully saturated rings. The quantitative estimate of drug-likeness (QED) is 0.389. The van der Waals surface area contributed by atoms with Crippen molar-refractivity contribution in [3.63, 3.8) is 0 Å². The van der Waals surface area contributed by atoms with Crippen molar-refractivity contribution in [3.8, 4) is 0 Å². The molecule has 0 heterocycles. The number of nitrogens with zero attached hydrogens (tertiary/aromatic N) is 3. The van der Waals surface area contributed by atoms with Crippen molar-refractivity contribution in [1.82, 2.24) is 20.4 Å². The Hall–Kier alpha value is -1.79. The number of likely N-dealkylation sites (N-methyl/N-ethyl adjacent to an activating group) is 1. The van der Waals surface area contributed by atoms with Gasteiger partial charge in [0.05, 0.1) is 5.41 Å². The lowest BCUT2D eigenvalue weighted by molar-refractivity contribution is -0.138. The van der Waals surface area contributed by atoms with Crippen molar-refractivity contribution >= 4 is 17.8 Å². The molecule has 1 rings (SSSR count). The molecule has 25 heavy (non-hydrogen) atoms. The summed E-state index contributed by atoms with van der Waals surface area (Å²) in [5, 5.41) is 6.58. The Kier molecular flexibility index (Phi) is 8.72. The second-order valence-corrected chi connectivity index (χ2v) is 7.27. The van der Waals surface area contributed by atoms with Crippen LogP contribution in [0, 0.1) is 5.41 Å². The molecular weight excluding hydrogens is 318 g/mol. The first-order valence-electron chi connectivity index (χ1n) is 9.26. The summed E-state index contributed by atoms with van der Waals surface area (Å²) in [6.07, 6.45) is 6.07. The van der Waals surface area contributed by atoms with Crippen molar-refractivity contribution < 1.29 is 9.59 Å². The van der Waals surface area contributed by atoms with E-state index < -0.39 is 0 Å². The number of nitrogens with one attached hydrogen (secondary N) is 2. The molecule has 0 unspecified atom stereocenters. The molecule has 0 bridgehead atoms. The zero-order chi connectivity index (χ0) is 18.9. The predicted molar refractivity (Wildman–Crippen MR) is 102 cm³/mol. The molecule has 2 N–H and O–H groups in total. The Labute approximate surface area is 152 Å². The van der Waals surface area contributed by atoms with Gasteiger partial charge in [0.15, 0.2) is 5.96 Å². The lowest BCUT2D eigenvalue weighted by Gasteiger charge is -2.31. The summed E-state index contributed by atoms with van der Waals surface area (Å²) in [5.74, 6) is 0.743. The fraction of sp³-hybridized carbons (Fsp3) is 0.833. The van der Waals surface area contributed by atoms with Gasteiger partial charge in [-0.2, -0.15) is 0 Å². The molecule has 0 aromatic heterocycles. The van der Waals surface area contributed by atoms with Crippen LogP contribution in [0.1, 0.15) is 45.4 Å². The van der Waals surface area contributed by atoms with Gasteiger partial charge in [0.2, 0.25) is 11.8 Å². The van der Waals surface area contributed by atoms with Crippen LogP contribution in [-0.4, -0.2) is 75.4 Å². The highest BCUT2D eigenvalue weighted by atomic mass is 16.2. The van der Waals surface area contributed by atoms with E-state index in [-0.39, 0.29) is 23.8 Å². The monoisotopic (exact) mass is 353 g/mol. The smallest absolute Gasteiger partial charge is 0.243 e. The summed E-state index contributed by atoms with van der Waals surface area (Å²) in [6, 6.07) is 0. The number of amides is 2. The molecule has 1 aliphatic carbocycles. The highest BCUT2D eigenvalue weighted by Crippen LogP contribution is 2.38. The molecule has 144 valence electrons. The van der Waals surface area contributed by atoms with E-state index in [1.807, 2.05) is 14.1 Å². The minimum absolute atomic E-state index is 0.0449. The maximum absolute atomic E-state index is 12.7. The van der Waals surface area contributed by atoms with E-state index in [0.29, 0.717) is 12.5 Å². The normalized spacial score (nSPS) is 16.4. The van der Waals surface area contributed by atoms with E-state index >= 15 is 0 Å².